The van der Waals surface area contributed by atoms with Gasteiger partial charge in [-0.2, -0.15) is 0 Å². The number of benzene rings is 2. The van der Waals surface area contributed by atoms with E-state index in [0.29, 0.717) is 22.1 Å². The molecular weight excluding hydrogens is 435 g/mol. The summed E-state index contributed by atoms with van der Waals surface area (Å²) in [5, 5.41) is 7.15. The van der Waals surface area contributed by atoms with Gasteiger partial charge in [-0.15, -0.1) is 11.3 Å². The molecule has 0 spiro atoms. The topological polar surface area (TPSA) is 66.9 Å². The smallest absolute Gasteiger partial charge is 0.256 e. The number of hydrogen-bond acceptors (Lipinski definition) is 5. The van der Waals surface area contributed by atoms with Gasteiger partial charge in [-0.1, -0.05) is 37.3 Å². The molecule has 7 heteroatoms. The molecule has 5 nitrogen and oxygen atoms in total. The Kier molecular flexibility index (Phi) is 6.79. The Morgan fingerprint density at radius 1 is 1.00 bits per heavy atom. The zero-order chi connectivity index (χ0) is 23.4. The maximum atomic E-state index is 14.2. The Balaban J connectivity index is 1.77. The van der Waals surface area contributed by atoms with Gasteiger partial charge in [-0.25, -0.2) is 14.4 Å². The molecule has 0 aliphatic rings. The van der Waals surface area contributed by atoms with Crippen molar-refractivity contribution in [3.8, 4) is 0 Å². The summed E-state index contributed by atoms with van der Waals surface area (Å²) in [6, 6.07) is 19.0. The lowest BCUT2D eigenvalue weighted by molar-refractivity contribution is 0.102. The summed E-state index contributed by atoms with van der Waals surface area (Å²) in [6.45, 7) is 5.88. The van der Waals surface area contributed by atoms with E-state index in [0.717, 1.165) is 28.2 Å². The molecule has 4 aromatic rings. The van der Waals surface area contributed by atoms with E-state index in [4.69, 9.17) is 0 Å². The highest BCUT2D eigenvalue weighted by Gasteiger charge is 2.23. The van der Waals surface area contributed by atoms with Crippen LogP contribution in [0.15, 0.2) is 66.7 Å². The van der Waals surface area contributed by atoms with E-state index >= 15 is 0 Å². The molecule has 1 amide bonds. The molecule has 4 rings (SSSR count). The second-order valence-electron chi connectivity index (χ2n) is 7.78. The molecule has 2 aromatic heterocycles. The van der Waals surface area contributed by atoms with Crippen molar-refractivity contribution in [3.63, 3.8) is 0 Å². The highest BCUT2D eigenvalue weighted by atomic mass is 32.1. The molecule has 0 saturated heterocycles. The number of aromatic nitrogens is 2. The molecule has 0 aliphatic carbocycles. The lowest BCUT2D eigenvalue weighted by Gasteiger charge is -2.21. The standard InChI is InChI=1S/C26H25FN4OS/c1-4-21-15-22(25(33-21)31-24(32)18-9-6-5-7-10-18)23(19-11-8-12-20(27)14-19)30-26-28-16(2)13-17(3)29-26/h5-15,23H,4H2,1-3H3,(H,31,32)(H,28,29,30)/t23-/m1/s1. The average Bonchev–Trinajstić information content (AvgIpc) is 3.20. The fraction of sp³-hybridized carbons (Fsp3) is 0.192. The largest absolute Gasteiger partial charge is 0.343 e. The Hall–Kier alpha value is -3.58. The summed E-state index contributed by atoms with van der Waals surface area (Å²) in [7, 11) is 0. The summed E-state index contributed by atoms with van der Waals surface area (Å²) < 4.78 is 14.2. The quantitative estimate of drug-likeness (QED) is 0.339. The van der Waals surface area contributed by atoms with Crippen LogP contribution in [0.1, 0.15) is 50.7 Å². The maximum absolute atomic E-state index is 14.2. The highest BCUT2D eigenvalue weighted by molar-refractivity contribution is 7.16. The fourth-order valence-electron chi connectivity index (χ4n) is 3.66. The average molecular weight is 461 g/mol. The van der Waals surface area contributed by atoms with Gasteiger partial charge in [0.25, 0.3) is 5.91 Å². The van der Waals surface area contributed by atoms with Crippen LogP contribution in [0.25, 0.3) is 0 Å². The first-order chi connectivity index (χ1) is 15.9. The number of carbonyl (C=O) groups excluding carboxylic acids is 1. The predicted molar refractivity (Wildman–Crippen MR) is 131 cm³/mol. The van der Waals surface area contributed by atoms with Gasteiger partial charge in [-0.3, -0.25) is 4.79 Å². The third-order valence-corrected chi connectivity index (χ3v) is 6.38. The van der Waals surface area contributed by atoms with Crippen LogP contribution in [0.3, 0.4) is 0 Å². The number of halogens is 1. The molecule has 0 saturated carbocycles. The second kappa shape index (κ2) is 9.92. The second-order valence-corrected chi connectivity index (χ2v) is 8.91. The van der Waals surface area contributed by atoms with Crippen LogP contribution in [0, 0.1) is 19.7 Å². The van der Waals surface area contributed by atoms with Gasteiger partial charge < -0.3 is 10.6 Å². The van der Waals surface area contributed by atoms with E-state index in [1.54, 1.807) is 18.2 Å². The minimum atomic E-state index is -0.454. The van der Waals surface area contributed by atoms with Gasteiger partial charge in [0.2, 0.25) is 5.95 Å². The molecule has 0 radical (unpaired) electrons. The predicted octanol–water partition coefficient (Wildman–Crippen LogP) is 6.31. The molecule has 0 bridgehead atoms. The van der Waals surface area contributed by atoms with Gasteiger partial charge in [0, 0.05) is 27.4 Å². The summed E-state index contributed by atoms with van der Waals surface area (Å²) in [6.07, 6.45) is 0.814. The number of amides is 1. The van der Waals surface area contributed by atoms with Crippen molar-refractivity contribution in [2.24, 2.45) is 0 Å². The number of carbonyl (C=O) groups is 1. The van der Waals surface area contributed by atoms with Crippen LogP contribution in [0.5, 0.6) is 0 Å². The van der Waals surface area contributed by atoms with Crippen LogP contribution >= 0.6 is 11.3 Å². The van der Waals surface area contributed by atoms with Crippen molar-refractivity contribution in [2.45, 2.75) is 33.2 Å². The van der Waals surface area contributed by atoms with Gasteiger partial charge in [0.05, 0.1) is 6.04 Å². The minimum absolute atomic E-state index is 0.193. The van der Waals surface area contributed by atoms with E-state index in [9.17, 15) is 9.18 Å². The molecular formula is C26H25FN4OS. The third-order valence-electron chi connectivity index (χ3n) is 5.17. The van der Waals surface area contributed by atoms with Crippen LogP contribution in [0.4, 0.5) is 15.3 Å². The normalized spacial score (nSPS) is 11.8. The van der Waals surface area contributed by atoms with E-state index < -0.39 is 6.04 Å². The van der Waals surface area contributed by atoms with E-state index in [2.05, 4.69) is 33.6 Å². The van der Waals surface area contributed by atoms with Crippen LogP contribution in [-0.2, 0) is 6.42 Å². The minimum Gasteiger partial charge on any atom is -0.343 e. The zero-order valence-corrected chi connectivity index (χ0v) is 19.5. The summed E-state index contributed by atoms with van der Waals surface area (Å²) in [5.74, 6) is -0.0743. The Morgan fingerprint density at radius 3 is 2.39 bits per heavy atom. The number of nitrogens with zero attached hydrogens (tertiary/aromatic N) is 2. The number of hydrogen-bond donors (Lipinski definition) is 2. The first-order valence-electron chi connectivity index (χ1n) is 10.8. The van der Waals surface area contributed by atoms with Crippen molar-refractivity contribution in [1.82, 2.24) is 9.97 Å². The van der Waals surface area contributed by atoms with Crippen LogP contribution in [-0.4, -0.2) is 15.9 Å². The number of rotatable bonds is 7. The van der Waals surface area contributed by atoms with Crippen LogP contribution in [0.2, 0.25) is 0 Å². The maximum Gasteiger partial charge on any atom is 0.256 e. The highest BCUT2D eigenvalue weighted by Crippen LogP contribution is 2.38. The first-order valence-corrected chi connectivity index (χ1v) is 11.6. The van der Waals surface area contributed by atoms with Crippen molar-refractivity contribution in [2.75, 3.05) is 10.6 Å². The number of nitrogens with one attached hydrogen (secondary N) is 2. The van der Waals surface area contributed by atoms with E-state index in [1.165, 1.54) is 23.5 Å². The molecule has 1 atom stereocenters. The van der Waals surface area contributed by atoms with Crippen molar-refractivity contribution >= 4 is 28.2 Å². The Morgan fingerprint density at radius 2 is 1.73 bits per heavy atom. The number of anilines is 2. The molecule has 0 aliphatic heterocycles. The van der Waals surface area contributed by atoms with Crippen LogP contribution < -0.4 is 10.6 Å². The number of thiophene rings is 1. The molecule has 2 N–H and O–H groups in total. The lowest BCUT2D eigenvalue weighted by atomic mass is 9.99. The first kappa shape index (κ1) is 22.6. The summed E-state index contributed by atoms with van der Waals surface area (Å²) >= 11 is 1.52. The molecule has 168 valence electrons. The molecule has 33 heavy (non-hydrogen) atoms. The van der Waals surface area contributed by atoms with Gasteiger partial charge in [0.1, 0.15) is 10.8 Å². The van der Waals surface area contributed by atoms with Crippen molar-refractivity contribution < 1.29 is 9.18 Å². The number of aryl methyl sites for hydroxylation is 3. The van der Waals surface area contributed by atoms with Crippen molar-refractivity contribution in [3.05, 3.63) is 106 Å². The fourth-order valence-corrected chi connectivity index (χ4v) is 4.69. The van der Waals surface area contributed by atoms with Gasteiger partial charge in [-0.05, 0) is 62.2 Å². The Bertz CT molecular complexity index is 1250. The zero-order valence-electron chi connectivity index (χ0n) is 18.7. The lowest BCUT2D eigenvalue weighted by Crippen LogP contribution is -2.18. The summed E-state index contributed by atoms with van der Waals surface area (Å²) in [4.78, 5) is 23.0. The molecule has 2 aromatic carbocycles. The Labute approximate surface area is 196 Å². The van der Waals surface area contributed by atoms with E-state index in [1.807, 2.05) is 44.2 Å². The monoisotopic (exact) mass is 460 g/mol. The third kappa shape index (κ3) is 5.43. The molecule has 2 heterocycles. The van der Waals surface area contributed by atoms with E-state index in [-0.39, 0.29) is 11.7 Å². The molecule has 0 unspecified atom stereocenters. The summed E-state index contributed by atoms with van der Waals surface area (Å²) in [5.41, 5.74) is 3.80. The van der Waals surface area contributed by atoms with Gasteiger partial charge in [0.15, 0.2) is 0 Å². The van der Waals surface area contributed by atoms with Crippen molar-refractivity contribution in [1.29, 1.82) is 0 Å². The molecule has 0 fully saturated rings. The van der Waals surface area contributed by atoms with Gasteiger partial charge >= 0.3 is 0 Å². The SMILES string of the molecule is CCc1cc([C@H](Nc2nc(C)cc(C)n2)c2cccc(F)c2)c(NC(=O)c2ccccc2)s1.